The number of rotatable bonds is 5. The number of halogens is 4. The summed E-state index contributed by atoms with van der Waals surface area (Å²) in [7, 11) is 0. The molecule has 0 radical (unpaired) electrons. The van der Waals surface area contributed by atoms with Gasteiger partial charge in [0.05, 0.1) is 5.60 Å². The largest absolute Gasteiger partial charge is 0.523 e. The summed E-state index contributed by atoms with van der Waals surface area (Å²) < 4.78 is 56.1. The van der Waals surface area contributed by atoms with Crippen LogP contribution in [-0.2, 0) is 4.74 Å². The molecule has 1 aliphatic carbocycles. The molecule has 0 aliphatic heterocycles. The molecule has 0 fully saturated rings. The molecular weight excluding hydrogens is 296 g/mol. The molecule has 0 saturated heterocycles. The second-order valence-corrected chi connectivity index (χ2v) is 5.39. The van der Waals surface area contributed by atoms with Crippen molar-refractivity contribution in [3.05, 3.63) is 53.9 Å². The van der Waals surface area contributed by atoms with E-state index in [1.807, 2.05) is 6.92 Å². The summed E-state index contributed by atoms with van der Waals surface area (Å²) in [6.45, 7) is 1.91. The fourth-order valence-electron chi connectivity index (χ4n) is 2.57. The predicted octanol–water partition coefficient (Wildman–Crippen LogP) is 5.63. The van der Waals surface area contributed by atoms with Gasteiger partial charge in [-0.1, -0.05) is 56.2 Å². The molecule has 0 spiro atoms. The average Bonchev–Trinajstić information content (AvgIpc) is 2.45. The van der Waals surface area contributed by atoms with Gasteiger partial charge in [-0.2, -0.15) is 0 Å². The highest BCUT2D eigenvalue weighted by Crippen LogP contribution is 2.38. The molecule has 2 rings (SSSR count). The van der Waals surface area contributed by atoms with E-state index < -0.39 is 17.8 Å². The Kier molecular flexibility index (Phi) is 5.06. The topological polar surface area (TPSA) is 9.23 Å². The molecule has 1 atom stereocenters. The van der Waals surface area contributed by atoms with E-state index in [9.17, 15) is 17.6 Å². The van der Waals surface area contributed by atoms with E-state index in [2.05, 4.69) is 4.74 Å². The van der Waals surface area contributed by atoms with Crippen molar-refractivity contribution in [2.45, 2.75) is 44.6 Å². The molecule has 1 nitrogen and oxygen atoms in total. The standard InChI is InChI=1S/C17H18F4O/c1-2-3-10-16(22-17(19,20)21)11-8-13(9-12-16)14-6-4-5-7-15(14)18/h4-9,11H,2-3,10,12H2,1H3. The first kappa shape index (κ1) is 16.7. The van der Waals surface area contributed by atoms with Crippen LogP contribution in [0.3, 0.4) is 0 Å². The van der Waals surface area contributed by atoms with Gasteiger partial charge in [0.25, 0.3) is 0 Å². The predicted molar refractivity (Wildman–Crippen MR) is 77.5 cm³/mol. The van der Waals surface area contributed by atoms with Gasteiger partial charge in [0.1, 0.15) is 5.82 Å². The smallest absolute Gasteiger partial charge is 0.281 e. The Morgan fingerprint density at radius 2 is 1.95 bits per heavy atom. The molecule has 0 amide bonds. The van der Waals surface area contributed by atoms with Gasteiger partial charge in [0.2, 0.25) is 0 Å². The molecular formula is C17H18F4O. The highest BCUT2D eigenvalue weighted by molar-refractivity contribution is 5.75. The molecule has 1 aromatic carbocycles. The van der Waals surface area contributed by atoms with Crippen LogP contribution >= 0.6 is 0 Å². The molecule has 1 aliphatic rings. The van der Waals surface area contributed by atoms with Crippen LogP contribution in [-0.4, -0.2) is 12.0 Å². The van der Waals surface area contributed by atoms with Crippen LogP contribution in [0.25, 0.3) is 5.57 Å². The Hall–Kier alpha value is -1.62. The molecule has 0 bridgehead atoms. The Morgan fingerprint density at radius 1 is 1.23 bits per heavy atom. The fourth-order valence-corrected chi connectivity index (χ4v) is 2.57. The number of allylic oxidation sites excluding steroid dienone is 2. The quantitative estimate of drug-likeness (QED) is 0.640. The van der Waals surface area contributed by atoms with Gasteiger partial charge in [0, 0.05) is 5.56 Å². The maximum absolute atomic E-state index is 13.8. The van der Waals surface area contributed by atoms with Gasteiger partial charge in [0.15, 0.2) is 0 Å². The fraction of sp³-hybridized carbons (Fsp3) is 0.412. The van der Waals surface area contributed by atoms with Crippen LogP contribution in [0.15, 0.2) is 42.5 Å². The number of hydrogen-bond acceptors (Lipinski definition) is 1. The zero-order valence-corrected chi connectivity index (χ0v) is 12.3. The highest BCUT2D eigenvalue weighted by atomic mass is 19.4. The van der Waals surface area contributed by atoms with Gasteiger partial charge in [-0.05, 0) is 24.5 Å². The number of unbranched alkanes of at least 4 members (excludes halogenated alkanes) is 1. The number of alkyl halides is 3. The summed E-state index contributed by atoms with van der Waals surface area (Å²) in [4.78, 5) is 0. The first-order chi connectivity index (χ1) is 10.4. The Labute approximate surface area is 127 Å². The van der Waals surface area contributed by atoms with Crippen LogP contribution in [0.2, 0.25) is 0 Å². The minimum absolute atomic E-state index is 0.0761. The van der Waals surface area contributed by atoms with Gasteiger partial charge in [-0.25, -0.2) is 4.39 Å². The van der Waals surface area contributed by atoms with Gasteiger partial charge in [-0.15, -0.1) is 13.2 Å². The van der Waals surface area contributed by atoms with Crippen molar-refractivity contribution in [1.82, 2.24) is 0 Å². The van der Waals surface area contributed by atoms with E-state index in [-0.39, 0.29) is 12.8 Å². The monoisotopic (exact) mass is 314 g/mol. The summed E-state index contributed by atoms with van der Waals surface area (Å²) in [5.74, 6) is -0.392. The lowest BCUT2D eigenvalue weighted by atomic mass is 9.85. The first-order valence-corrected chi connectivity index (χ1v) is 7.26. The summed E-state index contributed by atoms with van der Waals surface area (Å²) in [6.07, 6.45) is 1.61. The van der Waals surface area contributed by atoms with Crippen molar-refractivity contribution in [2.75, 3.05) is 0 Å². The van der Waals surface area contributed by atoms with Crippen molar-refractivity contribution >= 4 is 5.57 Å². The number of hydrogen-bond donors (Lipinski definition) is 0. The number of ether oxygens (including phenoxy) is 1. The zero-order chi connectivity index (χ0) is 16.2. The molecule has 5 heteroatoms. The molecule has 0 aromatic heterocycles. The second-order valence-electron chi connectivity index (χ2n) is 5.39. The molecule has 0 heterocycles. The SMILES string of the molecule is CCCCC1(OC(F)(F)F)C=CC(c2ccccc2F)=CC1. The highest BCUT2D eigenvalue weighted by Gasteiger charge is 2.42. The normalized spacial score (nSPS) is 21.8. The van der Waals surface area contributed by atoms with Gasteiger partial charge < -0.3 is 0 Å². The van der Waals surface area contributed by atoms with Crippen molar-refractivity contribution in [1.29, 1.82) is 0 Å². The van der Waals surface area contributed by atoms with E-state index in [1.54, 1.807) is 24.3 Å². The summed E-state index contributed by atoms with van der Waals surface area (Å²) in [5.41, 5.74) is -0.422. The Balaban J connectivity index is 2.21. The van der Waals surface area contributed by atoms with Crippen molar-refractivity contribution < 1.29 is 22.3 Å². The Bertz CT molecular complexity index is 574. The third-order valence-corrected chi connectivity index (χ3v) is 3.69. The van der Waals surface area contributed by atoms with Crippen LogP contribution in [0.4, 0.5) is 17.6 Å². The third kappa shape index (κ3) is 4.19. The van der Waals surface area contributed by atoms with Crippen molar-refractivity contribution in [2.24, 2.45) is 0 Å². The lowest BCUT2D eigenvalue weighted by Crippen LogP contribution is -2.37. The Morgan fingerprint density at radius 3 is 2.50 bits per heavy atom. The molecule has 22 heavy (non-hydrogen) atoms. The average molecular weight is 314 g/mol. The van der Waals surface area contributed by atoms with E-state index in [0.29, 0.717) is 17.6 Å². The molecule has 1 unspecified atom stereocenters. The van der Waals surface area contributed by atoms with Crippen molar-refractivity contribution in [3.8, 4) is 0 Å². The maximum Gasteiger partial charge on any atom is 0.523 e. The molecule has 120 valence electrons. The van der Waals surface area contributed by atoms with Crippen LogP contribution < -0.4 is 0 Å². The molecule has 0 saturated carbocycles. The van der Waals surface area contributed by atoms with Gasteiger partial charge >= 0.3 is 6.36 Å². The van der Waals surface area contributed by atoms with E-state index in [1.165, 1.54) is 18.2 Å². The van der Waals surface area contributed by atoms with Crippen molar-refractivity contribution in [3.63, 3.8) is 0 Å². The minimum Gasteiger partial charge on any atom is -0.281 e. The summed E-state index contributed by atoms with van der Waals surface area (Å²) >= 11 is 0. The summed E-state index contributed by atoms with van der Waals surface area (Å²) in [5, 5.41) is 0. The van der Waals surface area contributed by atoms with E-state index >= 15 is 0 Å². The minimum atomic E-state index is -4.69. The molecule has 1 aromatic rings. The van der Waals surface area contributed by atoms with E-state index in [0.717, 1.165) is 6.42 Å². The lowest BCUT2D eigenvalue weighted by Gasteiger charge is -2.33. The van der Waals surface area contributed by atoms with Crippen LogP contribution in [0, 0.1) is 5.82 Å². The lowest BCUT2D eigenvalue weighted by molar-refractivity contribution is -0.359. The second kappa shape index (κ2) is 6.65. The van der Waals surface area contributed by atoms with Crippen LogP contribution in [0.1, 0.15) is 38.2 Å². The summed E-state index contributed by atoms with van der Waals surface area (Å²) in [6, 6.07) is 6.20. The zero-order valence-electron chi connectivity index (χ0n) is 12.3. The third-order valence-electron chi connectivity index (χ3n) is 3.69. The van der Waals surface area contributed by atoms with E-state index in [4.69, 9.17) is 0 Å². The number of benzene rings is 1. The molecule has 0 N–H and O–H groups in total. The maximum atomic E-state index is 13.8. The first-order valence-electron chi connectivity index (χ1n) is 7.26. The van der Waals surface area contributed by atoms with Crippen LogP contribution in [0.5, 0.6) is 0 Å². The van der Waals surface area contributed by atoms with Gasteiger partial charge in [-0.3, -0.25) is 4.74 Å².